The van der Waals surface area contributed by atoms with Crippen molar-refractivity contribution < 1.29 is 13.2 Å². The Hall–Kier alpha value is -1.60. The van der Waals surface area contributed by atoms with Gasteiger partial charge in [0, 0.05) is 19.2 Å². The highest BCUT2D eigenvalue weighted by molar-refractivity contribution is 7.91. The van der Waals surface area contributed by atoms with Crippen LogP contribution in [-0.4, -0.2) is 36.7 Å². The van der Waals surface area contributed by atoms with Crippen molar-refractivity contribution in [2.24, 2.45) is 0 Å². The highest BCUT2D eigenvalue weighted by atomic mass is 35.5. The van der Waals surface area contributed by atoms with Crippen molar-refractivity contribution in [2.45, 2.75) is 23.2 Å². The van der Waals surface area contributed by atoms with E-state index in [2.05, 4.69) is 10.3 Å². The van der Waals surface area contributed by atoms with Gasteiger partial charge in [0.2, 0.25) is 5.91 Å². The van der Waals surface area contributed by atoms with Crippen LogP contribution in [0.4, 0.5) is 0 Å². The van der Waals surface area contributed by atoms with E-state index in [1.807, 2.05) is 4.57 Å². The first-order chi connectivity index (χ1) is 9.91. The molecule has 1 aliphatic heterocycles. The third-order valence-electron chi connectivity index (χ3n) is 3.60. The molecule has 1 saturated heterocycles. The lowest BCUT2D eigenvalue weighted by atomic mass is 10.2. The molecule has 21 heavy (non-hydrogen) atoms. The molecule has 1 aromatic carbocycles. The molecule has 1 fully saturated rings. The fourth-order valence-electron chi connectivity index (χ4n) is 2.71. The molecule has 1 N–H and O–H groups in total. The minimum Gasteiger partial charge on any atom is -0.354 e. The van der Waals surface area contributed by atoms with Gasteiger partial charge in [0.1, 0.15) is 11.3 Å². The van der Waals surface area contributed by atoms with E-state index in [0.717, 1.165) is 6.26 Å². The van der Waals surface area contributed by atoms with Crippen LogP contribution in [0.5, 0.6) is 0 Å². The number of nitrogens with one attached hydrogen (secondary N) is 1. The normalized spacial score (nSPS) is 19.1. The maximum atomic E-state index is 11.9. The van der Waals surface area contributed by atoms with E-state index in [1.165, 1.54) is 6.07 Å². The standard InChI is InChI=1S/C13H14ClN3O3S/c1-21(19,20)10-4-2-3-9-13(10)16-11(6-14)17(9)8-5-12(18)15-7-8/h2-4,8H,5-7H2,1H3,(H,15,18). The van der Waals surface area contributed by atoms with Crippen molar-refractivity contribution in [3.8, 4) is 0 Å². The summed E-state index contributed by atoms with van der Waals surface area (Å²) in [5.74, 6) is 0.702. The van der Waals surface area contributed by atoms with E-state index in [4.69, 9.17) is 11.6 Å². The fraction of sp³-hybridized carbons (Fsp3) is 0.385. The van der Waals surface area contributed by atoms with Gasteiger partial charge < -0.3 is 9.88 Å². The number of carbonyl (C=O) groups excluding carboxylic acids is 1. The molecule has 0 bridgehead atoms. The fourth-order valence-corrected chi connectivity index (χ4v) is 3.73. The van der Waals surface area contributed by atoms with Gasteiger partial charge in [0.05, 0.1) is 22.3 Å². The van der Waals surface area contributed by atoms with Gasteiger partial charge >= 0.3 is 0 Å². The number of sulfone groups is 1. The molecule has 1 aromatic heterocycles. The molecule has 6 nitrogen and oxygen atoms in total. The van der Waals surface area contributed by atoms with Gasteiger partial charge in [-0.25, -0.2) is 13.4 Å². The number of hydrogen-bond donors (Lipinski definition) is 1. The second-order valence-corrected chi connectivity index (χ2v) is 7.34. The van der Waals surface area contributed by atoms with Crippen LogP contribution < -0.4 is 5.32 Å². The highest BCUT2D eigenvalue weighted by Crippen LogP contribution is 2.29. The van der Waals surface area contributed by atoms with E-state index in [-0.39, 0.29) is 22.7 Å². The molecular formula is C13H14ClN3O3S. The van der Waals surface area contributed by atoms with Crippen molar-refractivity contribution in [2.75, 3.05) is 12.8 Å². The first-order valence-corrected chi connectivity index (χ1v) is 8.87. The van der Waals surface area contributed by atoms with Crippen molar-refractivity contribution in [1.29, 1.82) is 0 Å². The van der Waals surface area contributed by atoms with Crippen LogP contribution in [-0.2, 0) is 20.5 Å². The predicted octanol–water partition coefficient (Wildman–Crippen LogP) is 1.24. The first-order valence-electron chi connectivity index (χ1n) is 6.44. The third kappa shape index (κ3) is 2.40. The number of imidazole rings is 1. The number of benzene rings is 1. The van der Waals surface area contributed by atoms with Crippen LogP contribution in [0.1, 0.15) is 18.3 Å². The lowest BCUT2D eigenvalue weighted by molar-refractivity contribution is -0.119. The number of alkyl halides is 1. The molecule has 1 aliphatic rings. The lowest BCUT2D eigenvalue weighted by Gasteiger charge is -2.13. The molecule has 0 saturated carbocycles. The minimum atomic E-state index is -3.38. The van der Waals surface area contributed by atoms with Crippen molar-refractivity contribution in [3.63, 3.8) is 0 Å². The van der Waals surface area contributed by atoms with Crippen molar-refractivity contribution >= 4 is 38.4 Å². The molecule has 8 heteroatoms. The quantitative estimate of drug-likeness (QED) is 0.860. The zero-order valence-corrected chi connectivity index (χ0v) is 12.9. The Kier molecular flexibility index (Phi) is 3.41. The van der Waals surface area contributed by atoms with Crippen LogP contribution in [0.15, 0.2) is 23.1 Å². The van der Waals surface area contributed by atoms with Gasteiger partial charge in [-0.1, -0.05) is 6.07 Å². The number of aromatic nitrogens is 2. The largest absolute Gasteiger partial charge is 0.354 e. The summed E-state index contributed by atoms with van der Waals surface area (Å²) in [5, 5.41) is 2.77. The van der Waals surface area contributed by atoms with Gasteiger partial charge in [0.15, 0.2) is 9.84 Å². The van der Waals surface area contributed by atoms with E-state index >= 15 is 0 Å². The van der Waals surface area contributed by atoms with Crippen LogP contribution in [0.2, 0.25) is 0 Å². The highest BCUT2D eigenvalue weighted by Gasteiger charge is 2.28. The molecule has 2 heterocycles. The molecule has 0 aliphatic carbocycles. The summed E-state index contributed by atoms with van der Waals surface area (Å²) in [5.41, 5.74) is 1.10. The molecule has 3 rings (SSSR count). The lowest BCUT2D eigenvalue weighted by Crippen LogP contribution is -2.16. The summed E-state index contributed by atoms with van der Waals surface area (Å²) in [6.45, 7) is 0.497. The molecule has 112 valence electrons. The monoisotopic (exact) mass is 327 g/mol. The number of rotatable bonds is 3. The van der Waals surface area contributed by atoms with Crippen LogP contribution in [0, 0.1) is 0 Å². The van der Waals surface area contributed by atoms with Crippen LogP contribution >= 0.6 is 11.6 Å². The van der Waals surface area contributed by atoms with E-state index in [0.29, 0.717) is 29.8 Å². The Balaban J connectivity index is 2.27. The number of fused-ring (bicyclic) bond motifs is 1. The van der Waals surface area contributed by atoms with E-state index in [1.54, 1.807) is 12.1 Å². The second-order valence-electron chi connectivity index (χ2n) is 5.09. The zero-order chi connectivity index (χ0) is 15.2. The average molecular weight is 328 g/mol. The van der Waals surface area contributed by atoms with E-state index < -0.39 is 9.84 Å². The van der Waals surface area contributed by atoms with Crippen LogP contribution in [0.25, 0.3) is 11.0 Å². The summed E-state index contributed by atoms with van der Waals surface area (Å²) in [6, 6.07) is 4.92. The Morgan fingerprint density at radius 1 is 1.48 bits per heavy atom. The Morgan fingerprint density at radius 2 is 2.24 bits per heavy atom. The summed E-state index contributed by atoms with van der Waals surface area (Å²) in [7, 11) is -3.38. The van der Waals surface area contributed by atoms with Crippen molar-refractivity contribution in [3.05, 3.63) is 24.0 Å². The summed E-state index contributed by atoms with van der Waals surface area (Å²) < 4.78 is 25.6. The SMILES string of the molecule is CS(=O)(=O)c1cccc2c1nc(CCl)n2C1CNC(=O)C1. The predicted molar refractivity (Wildman–Crippen MR) is 79.1 cm³/mol. The Morgan fingerprint density at radius 3 is 2.81 bits per heavy atom. The first kappa shape index (κ1) is 14.3. The molecular weight excluding hydrogens is 314 g/mol. The number of amides is 1. The minimum absolute atomic E-state index is 0.0263. The molecule has 1 amide bonds. The van der Waals surface area contributed by atoms with Gasteiger partial charge in [-0.3, -0.25) is 4.79 Å². The molecule has 2 aromatic rings. The van der Waals surface area contributed by atoms with E-state index in [9.17, 15) is 13.2 Å². The van der Waals surface area contributed by atoms with Gasteiger partial charge in [0.25, 0.3) is 0 Å². The summed E-state index contributed by atoms with van der Waals surface area (Å²) in [6.07, 6.45) is 1.50. The van der Waals surface area contributed by atoms with Gasteiger partial charge in [-0.2, -0.15) is 0 Å². The van der Waals surface area contributed by atoms with Crippen molar-refractivity contribution in [1.82, 2.24) is 14.9 Å². The van der Waals surface area contributed by atoms with Crippen LogP contribution in [0.3, 0.4) is 0 Å². The number of nitrogens with zero attached hydrogens (tertiary/aromatic N) is 2. The second kappa shape index (κ2) is 4.99. The Labute approximate surface area is 127 Å². The van der Waals surface area contributed by atoms with Gasteiger partial charge in [-0.05, 0) is 12.1 Å². The molecule has 0 spiro atoms. The van der Waals surface area contributed by atoms with Gasteiger partial charge in [-0.15, -0.1) is 11.6 Å². The third-order valence-corrected chi connectivity index (χ3v) is 4.96. The number of hydrogen-bond acceptors (Lipinski definition) is 4. The summed E-state index contributed by atoms with van der Waals surface area (Å²) in [4.78, 5) is 16.0. The zero-order valence-electron chi connectivity index (χ0n) is 11.3. The molecule has 1 atom stereocenters. The topological polar surface area (TPSA) is 81.1 Å². The number of carbonyl (C=O) groups is 1. The molecule has 1 unspecified atom stereocenters. The smallest absolute Gasteiger partial charge is 0.222 e. The number of para-hydroxylation sites is 1. The Bertz CT molecular complexity index is 829. The average Bonchev–Trinajstić information content (AvgIpc) is 2.99. The maximum absolute atomic E-state index is 11.9. The molecule has 0 radical (unpaired) electrons. The maximum Gasteiger partial charge on any atom is 0.222 e. The number of halogens is 1. The summed E-state index contributed by atoms with van der Waals surface area (Å²) >= 11 is 5.95.